The van der Waals surface area contributed by atoms with Gasteiger partial charge in [-0.3, -0.25) is 14.1 Å². The normalized spacial score (nSPS) is 16.6. The van der Waals surface area contributed by atoms with Gasteiger partial charge in [-0.15, -0.1) is 0 Å². The lowest BCUT2D eigenvalue weighted by Crippen LogP contribution is -2.29. The highest BCUT2D eigenvalue weighted by Gasteiger charge is 2.36. The van der Waals surface area contributed by atoms with Crippen LogP contribution in [0.5, 0.6) is 0 Å². The maximum atomic E-state index is 12.5. The summed E-state index contributed by atoms with van der Waals surface area (Å²) < 4.78 is 32.2. The zero-order chi connectivity index (χ0) is 39.5. The minimum absolute atomic E-state index is 0.115. The molecule has 314 valence electrons. The van der Waals surface area contributed by atoms with Gasteiger partial charge in [0.05, 0.1) is 18.8 Å². The van der Waals surface area contributed by atoms with Crippen molar-refractivity contribution in [3.63, 3.8) is 0 Å². The van der Waals surface area contributed by atoms with Gasteiger partial charge >= 0.3 is 19.8 Å². The van der Waals surface area contributed by atoms with Crippen molar-refractivity contribution in [1.82, 2.24) is 0 Å². The molecule has 1 rings (SSSR count). The fourth-order valence-electron chi connectivity index (χ4n) is 6.41. The summed E-state index contributed by atoms with van der Waals surface area (Å²) in [7, 11) is -4.78. The SMILES string of the molecule is CCCCC/C=C\C/C=C\C/C=C\CC1OC1CCCC(=O)O[C@H](COC(=O)CCCCCCCCCCCCCCCCCC(C)C)COP(=O)(O)O. The van der Waals surface area contributed by atoms with E-state index in [1.807, 2.05) is 0 Å². The highest BCUT2D eigenvalue weighted by Crippen LogP contribution is 2.36. The molecule has 1 aliphatic rings. The Morgan fingerprint density at radius 3 is 1.76 bits per heavy atom. The Labute approximate surface area is 329 Å². The number of phosphoric ester groups is 1. The van der Waals surface area contributed by atoms with E-state index in [9.17, 15) is 14.2 Å². The number of allylic oxidation sites excluding steroid dienone is 5. The number of carbonyl (C=O) groups is 2. The van der Waals surface area contributed by atoms with Gasteiger partial charge in [-0.25, -0.2) is 4.57 Å². The fourth-order valence-corrected chi connectivity index (χ4v) is 6.77. The van der Waals surface area contributed by atoms with Gasteiger partial charge in [0, 0.05) is 12.8 Å². The highest BCUT2D eigenvalue weighted by molar-refractivity contribution is 7.46. The molecular formula is C44H79O9P. The number of hydrogen-bond donors (Lipinski definition) is 2. The Hall–Kier alpha value is -1.77. The summed E-state index contributed by atoms with van der Waals surface area (Å²) in [5.41, 5.74) is 0. The van der Waals surface area contributed by atoms with Gasteiger partial charge in [0.25, 0.3) is 0 Å². The van der Waals surface area contributed by atoms with Crippen LogP contribution in [-0.4, -0.2) is 53.3 Å². The molecule has 9 nitrogen and oxygen atoms in total. The van der Waals surface area contributed by atoms with Gasteiger partial charge in [-0.05, 0) is 57.3 Å². The summed E-state index contributed by atoms with van der Waals surface area (Å²) in [6, 6.07) is 0. The number of epoxide rings is 1. The molecule has 0 spiro atoms. The maximum absolute atomic E-state index is 12.5. The molecule has 2 unspecified atom stereocenters. The van der Waals surface area contributed by atoms with Gasteiger partial charge in [0.1, 0.15) is 6.61 Å². The van der Waals surface area contributed by atoms with Crippen LogP contribution in [0.4, 0.5) is 0 Å². The first-order chi connectivity index (χ1) is 26.1. The van der Waals surface area contributed by atoms with E-state index in [-0.39, 0.29) is 31.7 Å². The molecule has 1 saturated heterocycles. The molecular weight excluding hydrogens is 703 g/mol. The van der Waals surface area contributed by atoms with Crippen LogP contribution in [0.1, 0.15) is 194 Å². The number of carbonyl (C=O) groups excluding carboxylic acids is 2. The Kier molecular flexibility index (Phi) is 32.1. The second kappa shape index (κ2) is 34.5. The number of rotatable bonds is 38. The lowest BCUT2D eigenvalue weighted by molar-refractivity contribution is -0.161. The first-order valence-electron chi connectivity index (χ1n) is 21.8. The summed E-state index contributed by atoms with van der Waals surface area (Å²) in [6.45, 7) is 5.95. The average Bonchev–Trinajstić information content (AvgIpc) is 3.88. The quantitative estimate of drug-likeness (QED) is 0.0206. The molecule has 0 aromatic carbocycles. The molecule has 0 bridgehead atoms. The highest BCUT2D eigenvalue weighted by atomic mass is 31.2. The van der Waals surface area contributed by atoms with E-state index in [2.05, 4.69) is 61.8 Å². The van der Waals surface area contributed by atoms with Crippen LogP contribution >= 0.6 is 7.82 Å². The fraction of sp³-hybridized carbons (Fsp3) is 0.818. The smallest absolute Gasteiger partial charge is 0.462 e. The summed E-state index contributed by atoms with van der Waals surface area (Å²) in [5, 5.41) is 0. The monoisotopic (exact) mass is 783 g/mol. The topological polar surface area (TPSA) is 132 Å². The zero-order valence-electron chi connectivity index (χ0n) is 34.5. The minimum atomic E-state index is -4.78. The largest absolute Gasteiger partial charge is 0.469 e. The molecule has 3 atom stereocenters. The molecule has 0 radical (unpaired) electrons. The molecule has 0 aromatic rings. The number of unbranched alkanes of at least 4 members (excludes halogenated alkanes) is 17. The number of ether oxygens (including phenoxy) is 3. The Balaban J connectivity index is 2.09. The van der Waals surface area contributed by atoms with Gasteiger partial charge in [0.15, 0.2) is 6.10 Å². The zero-order valence-corrected chi connectivity index (χ0v) is 35.4. The van der Waals surface area contributed by atoms with Crippen molar-refractivity contribution >= 4 is 19.8 Å². The molecule has 0 amide bonds. The standard InChI is InChI=1S/C44H79O9P/c1-4-5-6-7-8-9-10-17-20-23-26-29-33-41-42(53-41)34-31-36-44(46)52-40(38-51-54(47,48)49)37-50-43(45)35-30-27-24-21-18-15-13-11-12-14-16-19-22-25-28-32-39(2)3/h8-9,17,20,26,29,39-42H,4-7,10-16,18-19,21-25,27-28,30-38H2,1-3H3,(H2,47,48,49)/b9-8-,20-17-,29-26-/t40-,41?,42?/m1/s1. The van der Waals surface area contributed by atoms with E-state index >= 15 is 0 Å². The Morgan fingerprint density at radius 1 is 0.648 bits per heavy atom. The first kappa shape index (κ1) is 50.2. The molecule has 0 aromatic heterocycles. The van der Waals surface area contributed by atoms with Crippen molar-refractivity contribution in [1.29, 1.82) is 0 Å². The third-order valence-corrected chi connectivity index (χ3v) is 10.2. The van der Waals surface area contributed by atoms with Crippen molar-refractivity contribution in [3.05, 3.63) is 36.5 Å². The average molecular weight is 783 g/mol. The van der Waals surface area contributed by atoms with Crippen LogP contribution in [0.2, 0.25) is 0 Å². The van der Waals surface area contributed by atoms with Crippen molar-refractivity contribution in [3.8, 4) is 0 Å². The van der Waals surface area contributed by atoms with E-state index in [0.717, 1.165) is 50.9 Å². The van der Waals surface area contributed by atoms with Crippen LogP contribution < -0.4 is 0 Å². The third kappa shape index (κ3) is 34.7. The summed E-state index contributed by atoms with van der Waals surface area (Å²) in [5.74, 6) is -0.122. The molecule has 0 saturated carbocycles. The van der Waals surface area contributed by atoms with Crippen LogP contribution in [0.3, 0.4) is 0 Å². The molecule has 1 aliphatic heterocycles. The van der Waals surface area contributed by atoms with Crippen molar-refractivity contribution < 1.29 is 42.7 Å². The first-order valence-corrected chi connectivity index (χ1v) is 23.3. The van der Waals surface area contributed by atoms with Crippen LogP contribution in [0.25, 0.3) is 0 Å². The lowest BCUT2D eigenvalue weighted by atomic mass is 10.0. The minimum Gasteiger partial charge on any atom is -0.462 e. The van der Waals surface area contributed by atoms with Crippen LogP contribution in [-0.2, 0) is 32.9 Å². The van der Waals surface area contributed by atoms with E-state index in [1.165, 1.54) is 103 Å². The van der Waals surface area contributed by atoms with Crippen LogP contribution in [0, 0.1) is 5.92 Å². The molecule has 1 fully saturated rings. The summed E-state index contributed by atoms with van der Waals surface area (Å²) in [6.07, 6.45) is 41.7. The maximum Gasteiger partial charge on any atom is 0.469 e. The van der Waals surface area contributed by atoms with Gasteiger partial charge in [0.2, 0.25) is 0 Å². The van der Waals surface area contributed by atoms with Gasteiger partial charge in [-0.2, -0.15) is 0 Å². The number of phosphoric acid groups is 1. The third-order valence-electron chi connectivity index (χ3n) is 9.76. The molecule has 2 N–H and O–H groups in total. The Bertz CT molecular complexity index is 1050. The van der Waals surface area contributed by atoms with Gasteiger partial charge < -0.3 is 24.0 Å². The summed E-state index contributed by atoms with van der Waals surface area (Å²) in [4.78, 5) is 43.0. The van der Waals surface area contributed by atoms with Crippen molar-refractivity contribution in [2.24, 2.45) is 5.92 Å². The number of hydrogen-bond acceptors (Lipinski definition) is 7. The predicted octanol–water partition coefficient (Wildman–Crippen LogP) is 12.2. The second-order valence-electron chi connectivity index (χ2n) is 15.5. The predicted molar refractivity (Wildman–Crippen MR) is 220 cm³/mol. The van der Waals surface area contributed by atoms with E-state index in [4.69, 9.17) is 24.0 Å². The molecule has 54 heavy (non-hydrogen) atoms. The summed E-state index contributed by atoms with van der Waals surface area (Å²) >= 11 is 0. The number of esters is 2. The lowest BCUT2D eigenvalue weighted by Gasteiger charge is -2.18. The van der Waals surface area contributed by atoms with Crippen molar-refractivity contribution in [2.75, 3.05) is 13.2 Å². The van der Waals surface area contributed by atoms with E-state index < -0.39 is 32.5 Å². The van der Waals surface area contributed by atoms with Crippen LogP contribution in [0.15, 0.2) is 36.5 Å². The van der Waals surface area contributed by atoms with E-state index in [0.29, 0.717) is 12.8 Å². The van der Waals surface area contributed by atoms with Crippen molar-refractivity contribution in [2.45, 2.75) is 212 Å². The Morgan fingerprint density at radius 2 is 1.19 bits per heavy atom. The second-order valence-corrected chi connectivity index (χ2v) is 16.8. The molecule has 10 heteroatoms. The van der Waals surface area contributed by atoms with Gasteiger partial charge in [-0.1, -0.05) is 166 Å². The molecule has 0 aliphatic carbocycles. The van der Waals surface area contributed by atoms with E-state index in [1.54, 1.807) is 0 Å². The molecule has 1 heterocycles.